The number of aromatic nitrogens is 5. The van der Waals surface area contributed by atoms with E-state index in [1.54, 1.807) is 30.5 Å². The van der Waals surface area contributed by atoms with Crippen LogP contribution >= 0.6 is 0 Å². The molecule has 3 aromatic heterocycles. The van der Waals surface area contributed by atoms with Gasteiger partial charge in [-0.05, 0) is 65.8 Å². The number of benzene rings is 3. The third-order valence-electron chi connectivity index (χ3n) is 11.0. The van der Waals surface area contributed by atoms with E-state index in [2.05, 4.69) is 51.5 Å². The van der Waals surface area contributed by atoms with Crippen molar-refractivity contribution < 1.29 is 44.1 Å². The molecule has 0 bridgehead atoms. The summed E-state index contributed by atoms with van der Waals surface area (Å²) in [6.45, 7) is 3.67. The van der Waals surface area contributed by atoms with Crippen LogP contribution in [0.15, 0.2) is 104 Å². The van der Waals surface area contributed by atoms with Crippen molar-refractivity contribution in [2.24, 2.45) is 11.7 Å². The molecule has 6 rings (SSSR count). The zero-order valence-corrected chi connectivity index (χ0v) is 36.9. The number of carboxylic acids is 1. The lowest BCUT2D eigenvalue weighted by Gasteiger charge is -2.28. The topological polar surface area (TPSA) is 322 Å². The number of nitrogens with two attached hydrogens (primary N) is 1. The molecule has 0 aliphatic rings. The molecule has 6 atom stereocenters. The summed E-state index contributed by atoms with van der Waals surface area (Å²) in [6.07, 6.45) is 7.20. The predicted molar refractivity (Wildman–Crippen MR) is 245 cm³/mol. The number of carboxylic acid groups (broad SMARTS) is 1. The Morgan fingerprint density at radius 2 is 1.03 bits per heavy atom. The molecule has 0 saturated carbocycles. The number of aromatic hydroxyl groups is 2. The smallest absolute Gasteiger partial charge is 0.326 e. The number of phenolic OH excluding ortho intramolecular Hbond substituents is 2. The third kappa shape index (κ3) is 14.0. The number of imidazole rings is 2. The number of carbonyl (C=O) groups excluding carboxylic acids is 5. The Hall–Kier alpha value is -8.00. The van der Waals surface area contributed by atoms with E-state index < -0.39 is 71.8 Å². The van der Waals surface area contributed by atoms with Crippen molar-refractivity contribution in [1.82, 2.24) is 51.5 Å². The van der Waals surface area contributed by atoms with E-state index in [-0.39, 0.29) is 55.9 Å². The molecule has 0 unspecified atom stereocenters. The van der Waals surface area contributed by atoms with Crippen LogP contribution in [0.4, 0.5) is 0 Å². The summed E-state index contributed by atoms with van der Waals surface area (Å²) in [6, 6.07) is 11.9. The van der Waals surface area contributed by atoms with Crippen LogP contribution in [0.5, 0.6) is 11.5 Å². The molecule has 13 N–H and O–H groups in total. The summed E-state index contributed by atoms with van der Waals surface area (Å²) in [7, 11) is 0. The number of para-hydroxylation sites is 1. The van der Waals surface area contributed by atoms with Crippen LogP contribution in [-0.4, -0.2) is 112 Å². The van der Waals surface area contributed by atoms with Gasteiger partial charge in [-0.1, -0.05) is 56.3 Å². The molecule has 0 aliphatic heterocycles. The van der Waals surface area contributed by atoms with Crippen LogP contribution in [-0.2, 0) is 60.9 Å². The summed E-state index contributed by atoms with van der Waals surface area (Å²) in [5.74, 6) is -5.17. The van der Waals surface area contributed by atoms with Crippen LogP contribution < -0.4 is 32.3 Å². The maximum Gasteiger partial charge on any atom is 0.326 e. The number of fused-ring (bicyclic) bond motifs is 1. The Kier molecular flexibility index (Phi) is 16.5. The number of rotatable bonds is 23. The molecule has 0 radical (unpaired) electrons. The van der Waals surface area contributed by atoms with Gasteiger partial charge in [-0.15, -0.1) is 0 Å². The van der Waals surface area contributed by atoms with E-state index in [1.807, 2.05) is 38.1 Å². The first-order valence-corrected chi connectivity index (χ1v) is 21.7. The minimum Gasteiger partial charge on any atom is -0.508 e. The number of hydrogen-bond donors (Lipinski definition) is 12. The Labute approximate surface area is 385 Å². The molecule has 6 aromatic rings. The quantitative estimate of drug-likeness (QED) is 0.0435. The third-order valence-corrected chi connectivity index (χ3v) is 11.0. The van der Waals surface area contributed by atoms with Gasteiger partial charge in [0, 0.05) is 66.6 Å². The second kappa shape index (κ2) is 22.8. The molecule has 20 heteroatoms. The predicted octanol–water partition coefficient (Wildman–Crippen LogP) is 1.42. The van der Waals surface area contributed by atoms with Crippen molar-refractivity contribution in [3.05, 3.63) is 132 Å². The highest BCUT2D eigenvalue weighted by Gasteiger charge is 2.34. The highest BCUT2D eigenvalue weighted by molar-refractivity contribution is 5.97. The molecular formula is C47H55N11O9. The molecule has 0 spiro atoms. The first-order chi connectivity index (χ1) is 32.1. The largest absolute Gasteiger partial charge is 0.508 e. The summed E-state index contributed by atoms with van der Waals surface area (Å²) < 4.78 is 0. The van der Waals surface area contributed by atoms with E-state index in [1.165, 1.54) is 49.3 Å². The average molecular weight is 918 g/mol. The van der Waals surface area contributed by atoms with E-state index >= 15 is 0 Å². The monoisotopic (exact) mass is 917 g/mol. The number of nitrogens with zero attached hydrogens (tertiary/aromatic N) is 2. The molecule has 3 heterocycles. The highest BCUT2D eigenvalue weighted by atomic mass is 16.4. The molecular weight excluding hydrogens is 863 g/mol. The fraction of sp³-hybridized carbons (Fsp3) is 0.319. The highest BCUT2D eigenvalue weighted by Crippen LogP contribution is 2.20. The van der Waals surface area contributed by atoms with Gasteiger partial charge in [-0.3, -0.25) is 24.0 Å². The zero-order valence-electron chi connectivity index (χ0n) is 36.9. The number of carbonyl (C=O) groups is 6. The van der Waals surface area contributed by atoms with E-state index in [0.29, 0.717) is 28.1 Å². The Bertz CT molecular complexity index is 2600. The molecule has 5 amide bonds. The first-order valence-electron chi connectivity index (χ1n) is 21.7. The Morgan fingerprint density at radius 1 is 0.567 bits per heavy atom. The van der Waals surface area contributed by atoms with Crippen molar-refractivity contribution >= 4 is 46.4 Å². The maximum atomic E-state index is 14.6. The van der Waals surface area contributed by atoms with Gasteiger partial charge in [-0.2, -0.15) is 0 Å². The number of phenols is 2. The molecule has 0 fully saturated rings. The van der Waals surface area contributed by atoms with Gasteiger partial charge in [0.2, 0.25) is 29.5 Å². The second-order valence-corrected chi connectivity index (χ2v) is 16.7. The number of aliphatic carboxylic acids is 1. The van der Waals surface area contributed by atoms with Crippen LogP contribution in [0.25, 0.3) is 10.9 Å². The van der Waals surface area contributed by atoms with Gasteiger partial charge in [0.1, 0.15) is 41.7 Å². The summed E-state index contributed by atoms with van der Waals surface area (Å²) in [4.78, 5) is 99.8. The minimum absolute atomic E-state index is 0.0110. The van der Waals surface area contributed by atoms with Gasteiger partial charge in [-0.25, -0.2) is 14.8 Å². The SMILES string of the molecule is CC(C)C[C@H](NC(=O)[C@H](Cc1c[nH]c2ccccc12)NC(=O)[C@H](Cc1ccc(O)cc1)NC(=O)[C@@H](N)Cc1ccc(O)cc1)C(=O)N[C@@H](Cc1cnc[nH]1)C(=O)N[C@@H](Cc1cnc[nH]1)C(=O)O. The molecule has 0 saturated heterocycles. The molecule has 3 aromatic carbocycles. The molecule has 0 aliphatic carbocycles. The van der Waals surface area contributed by atoms with Crippen molar-refractivity contribution in [2.45, 2.75) is 88.6 Å². The van der Waals surface area contributed by atoms with Crippen molar-refractivity contribution in [2.75, 3.05) is 0 Å². The van der Waals surface area contributed by atoms with Gasteiger partial charge < -0.3 is 62.6 Å². The number of aromatic amines is 3. The number of hydrogen-bond acceptors (Lipinski definition) is 11. The molecule has 352 valence electrons. The lowest BCUT2D eigenvalue weighted by atomic mass is 9.99. The van der Waals surface area contributed by atoms with Gasteiger partial charge >= 0.3 is 5.97 Å². The molecule has 67 heavy (non-hydrogen) atoms. The van der Waals surface area contributed by atoms with Crippen LogP contribution in [0, 0.1) is 5.92 Å². The molecule has 20 nitrogen and oxygen atoms in total. The van der Waals surface area contributed by atoms with Crippen molar-refractivity contribution in [1.29, 1.82) is 0 Å². The minimum atomic E-state index is -1.38. The average Bonchev–Trinajstić information content (AvgIpc) is 4.10. The van der Waals surface area contributed by atoms with Crippen molar-refractivity contribution in [3.8, 4) is 11.5 Å². The standard InChI is InChI=1S/C47H55N11O9/c1-26(2)15-37(43(62)57-40(19-30-22-49-24-52-30)46(65)58-41(47(66)67)20-31-23-50-25-53-31)55-45(64)39(18-29-21-51-36-6-4-3-5-34(29)36)56-44(63)38(17-28-9-13-33(60)14-10-28)54-42(61)35(48)16-27-7-11-32(59)12-8-27/h3-14,21-26,35,37-41,51,59-60H,15-20,48H2,1-2H3,(H,49,52)(H,50,53)(H,54,61)(H,55,64)(H,56,63)(H,57,62)(H,58,65)(H,66,67)/t35-,37-,38-,39-,40-,41-/m0/s1. The lowest BCUT2D eigenvalue weighted by molar-refractivity contribution is -0.142. The second-order valence-electron chi connectivity index (χ2n) is 16.7. The zero-order chi connectivity index (χ0) is 48.0. The van der Waals surface area contributed by atoms with Crippen LogP contribution in [0.2, 0.25) is 0 Å². The van der Waals surface area contributed by atoms with Crippen molar-refractivity contribution in [3.63, 3.8) is 0 Å². The summed E-state index contributed by atoms with van der Waals surface area (Å²) >= 11 is 0. The Morgan fingerprint density at radius 3 is 1.57 bits per heavy atom. The van der Waals surface area contributed by atoms with E-state index in [9.17, 15) is 44.1 Å². The number of H-pyrrole nitrogens is 3. The normalized spacial score (nSPS) is 14.0. The van der Waals surface area contributed by atoms with Crippen LogP contribution in [0.1, 0.15) is 48.3 Å². The fourth-order valence-electron chi connectivity index (χ4n) is 7.50. The summed E-state index contributed by atoms with van der Waals surface area (Å²) in [5.41, 5.74) is 9.91. The lowest BCUT2D eigenvalue weighted by Crippen LogP contribution is -2.60. The number of amides is 5. The van der Waals surface area contributed by atoms with Crippen LogP contribution in [0.3, 0.4) is 0 Å². The van der Waals surface area contributed by atoms with E-state index in [0.717, 1.165) is 10.9 Å². The Balaban J connectivity index is 1.25. The first kappa shape index (κ1) is 48.5. The summed E-state index contributed by atoms with van der Waals surface area (Å²) in [5, 5.41) is 44.0. The van der Waals surface area contributed by atoms with Gasteiger partial charge in [0.05, 0.1) is 18.7 Å². The number of nitrogens with one attached hydrogen (secondary N) is 8. The van der Waals surface area contributed by atoms with Gasteiger partial charge in [0.25, 0.3) is 0 Å². The van der Waals surface area contributed by atoms with Gasteiger partial charge in [0.15, 0.2) is 0 Å². The maximum absolute atomic E-state index is 14.6. The fourth-order valence-corrected chi connectivity index (χ4v) is 7.50. The van der Waals surface area contributed by atoms with E-state index in [4.69, 9.17) is 5.73 Å².